The van der Waals surface area contributed by atoms with E-state index in [0.717, 1.165) is 12.2 Å². The van der Waals surface area contributed by atoms with Gasteiger partial charge in [-0.3, -0.25) is 0 Å². The Morgan fingerprint density at radius 3 is 2.47 bits per heavy atom. The van der Waals surface area contributed by atoms with Crippen LogP contribution in [0.3, 0.4) is 0 Å². The van der Waals surface area contributed by atoms with E-state index in [9.17, 15) is 5.11 Å². The quantitative estimate of drug-likeness (QED) is 0.523. The average molecular weight is 302 g/mol. The van der Waals surface area contributed by atoms with Crippen LogP contribution in [0.2, 0.25) is 0 Å². The molecule has 98 valence electrons. The number of rotatable bonds is 8. The van der Waals surface area contributed by atoms with Gasteiger partial charge in [-0.1, -0.05) is 38.7 Å². The molecule has 1 aromatic heterocycles. The Morgan fingerprint density at radius 2 is 1.76 bits per heavy atom. The van der Waals surface area contributed by atoms with Crippen LogP contribution in [0, 0.1) is 0 Å². The third-order valence-electron chi connectivity index (χ3n) is 2.95. The number of aliphatic hydroxyl groups excluding tert-OH is 1. The number of hydrogen-bond acceptors (Lipinski definition) is 1. The summed E-state index contributed by atoms with van der Waals surface area (Å²) >= 11 is 0. The molecule has 0 radical (unpaired) electrons. The molecule has 0 unspecified atom stereocenters. The number of unbranched alkanes of at least 4 members (excludes halogenated alkanes) is 5. The third kappa shape index (κ3) is 6.79. The Bertz CT molecular complexity index is 291. The molecular formula is C14H24BrNO. The first kappa shape index (κ1) is 16.6. The molecule has 0 aromatic carbocycles. The summed E-state index contributed by atoms with van der Waals surface area (Å²) in [5.74, 6) is 0. The fourth-order valence-electron chi connectivity index (χ4n) is 1.94. The monoisotopic (exact) mass is 301 g/mol. The van der Waals surface area contributed by atoms with E-state index in [4.69, 9.17) is 0 Å². The van der Waals surface area contributed by atoms with Crippen molar-refractivity contribution in [2.24, 2.45) is 0 Å². The number of pyridine rings is 1. The van der Waals surface area contributed by atoms with Crippen LogP contribution in [0.5, 0.6) is 0 Å². The van der Waals surface area contributed by atoms with Gasteiger partial charge in [0.15, 0.2) is 6.20 Å². The average Bonchev–Trinajstić information content (AvgIpc) is 2.34. The maximum atomic E-state index is 9.17. The summed E-state index contributed by atoms with van der Waals surface area (Å²) in [4.78, 5) is 0. The van der Waals surface area contributed by atoms with Crippen molar-refractivity contribution in [3.8, 4) is 0 Å². The molecule has 0 aliphatic carbocycles. The minimum absolute atomic E-state index is 0. The highest BCUT2D eigenvalue weighted by atomic mass is 79.9. The lowest BCUT2D eigenvalue weighted by Gasteiger charge is -2.01. The lowest BCUT2D eigenvalue weighted by molar-refractivity contribution is -0.706. The van der Waals surface area contributed by atoms with Crippen molar-refractivity contribution in [3.63, 3.8) is 0 Å². The summed E-state index contributed by atoms with van der Waals surface area (Å²) < 4.78 is 2.15. The van der Waals surface area contributed by atoms with Crippen molar-refractivity contribution >= 4 is 0 Å². The number of aromatic nitrogens is 1. The SMILES string of the molecule is CCCCCCCC[n+]1ccccc1CO.[Br-]. The van der Waals surface area contributed by atoms with E-state index in [-0.39, 0.29) is 23.6 Å². The van der Waals surface area contributed by atoms with Gasteiger partial charge >= 0.3 is 0 Å². The van der Waals surface area contributed by atoms with Crippen molar-refractivity contribution in [1.82, 2.24) is 0 Å². The van der Waals surface area contributed by atoms with Gasteiger partial charge < -0.3 is 22.1 Å². The zero-order valence-electron chi connectivity index (χ0n) is 10.7. The fraction of sp³-hybridized carbons (Fsp3) is 0.643. The molecule has 0 aliphatic rings. The Morgan fingerprint density at radius 1 is 1.06 bits per heavy atom. The standard InChI is InChI=1S/C14H24NO.BrH/c1-2-3-4-5-6-8-11-15-12-9-7-10-14(15)13-16;/h7,9-10,12,16H,2-6,8,11,13H2,1H3;1H/q+1;/p-1. The van der Waals surface area contributed by atoms with Gasteiger partial charge in [-0.25, -0.2) is 4.57 Å². The molecule has 1 aromatic rings. The zero-order chi connectivity index (χ0) is 11.6. The van der Waals surface area contributed by atoms with Crippen molar-refractivity contribution in [1.29, 1.82) is 0 Å². The second-order valence-electron chi connectivity index (χ2n) is 4.31. The van der Waals surface area contributed by atoms with Crippen LogP contribution in [-0.2, 0) is 13.2 Å². The van der Waals surface area contributed by atoms with E-state index < -0.39 is 0 Å². The van der Waals surface area contributed by atoms with Crippen molar-refractivity contribution < 1.29 is 26.7 Å². The van der Waals surface area contributed by atoms with Crippen LogP contribution in [0.15, 0.2) is 24.4 Å². The molecule has 0 saturated heterocycles. The number of halogens is 1. The Labute approximate surface area is 115 Å². The second kappa shape index (κ2) is 10.7. The molecule has 1 heterocycles. The van der Waals surface area contributed by atoms with E-state index >= 15 is 0 Å². The van der Waals surface area contributed by atoms with Gasteiger partial charge in [0.1, 0.15) is 13.2 Å². The van der Waals surface area contributed by atoms with Gasteiger partial charge in [0.25, 0.3) is 0 Å². The van der Waals surface area contributed by atoms with Gasteiger partial charge in [-0.05, 0) is 6.42 Å². The summed E-state index contributed by atoms with van der Waals surface area (Å²) in [7, 11) is 0. The summed E-state index contributed by atoms with van der Waals surface area (Å²) in [6.07, 6.45) is 9.94. The molecule has 0 amide bonds. The summed E-state index contributed by atoms with van der Waals surface area (Å²) in [6.45, 7) is 3.41. The Hall–Kier alpha value is -0.410. The van der Waals surface area contributed by atoms with Crippen LogP contribution >= 0.6 is 0 Å². The minimum Gasteiger partial charge on any atom is -1.00 e. The van der Waals surface area contributed by atoms with E-state index in [0.29, 0.717) is 0 Å². The molecule has 2 nitrogen and oxygen atoms in total. The second-order valence-corrected chi connectivity index (χ2v) is 4.31. The summed E-state index contributed by atoms with van der Waals surface area (Å²) in [6, 6.07) is 5.98. The van der Waals surface area contributed by atoms with Crippen LogP contribution in [0.4, 0.5) is 0 Å². The van der Waals surface area contributed by atoms with E-state index in [1.165, 1.54) is 38.5 Å². The van der Waals surface area contributed by atoms with Crippen molar-refractivity contribution in [2.75, 3.05) is 0 Å². The molecule has 1 N–H and O–H groups in total. The third-order valence-corrected chi connectivity index (χ3v) is 2.95. The fourth-order valence-corrected chi connectivity index (χ4v) is 1.94. The predicted molar refractivity (Wildman–Crippen MR) is 65.9 cm³/mol. The lowest BCUT2D eigenvalue weighted by Crippen LogP contribution is -3.00. The van der Waals surface area contributed by atoms with Gasteiger partial charge in [0, 0.05) is 18.6 Å². The first-order valence-corrected chi connectivity index (χ1v) is 6.46. The number of aliphatic hydroxyl groups is 1. The molecule has 0 spiro atoms. The normalized spacial score (nSPS) is 10.0. The molecule has 0 saturated carbocycles. The maximum absolute atomic E-state index is 9.17. The highest BCUT2D eigenvalue weighted by Gasteiger charge is 2.06. The molecular weight excluding hydrogens is 278 g/mol. The molecule has 0 aliphatic heterocycles. The summed E-state index contributed by atoms with van der Waals surface area (Å²) in [5.41, 5.74) is 1.01. The van der Waals surface area contributed by atoms with Crippen LogP contribution in [0.25, 0.3) is 0 Å². The van der Waals surface area contributed by atoms with Crippen LogP contribution in [-0.4, -0.2) is 5.11 Å². The van der Waals surface area contributed by atoms with Crippen molar-refractivity contribution in [3.05, 3.63) is 30.1 Å². The number of nitrogens with zero attached hydrogens (tertiary/aromatic N) is 1. The van der Waals surface area contributed by atoms with E-state index in [1.807, 2.05) is 18.2 Å². The molecule has 0 atom stereocenters. The van der Waals surface area contributed by atoms with Gasteiger partial charge in [-0.2, -0.15) is 0 Å². The maximum Gasteiger partial charge on any atom is 0.206 e. The first-order chi connectivity index (χ1) is 7.88. The lowest BCUT2D eigenvalue weighted by atomic mass is 10.1. The Balaban J connectivity index is 0.00000256. The first-order valence-electron chi connectivity index (χ1n) is 6.46. The highest BCUT2D eigenvalue weighted by molar-refractivity contribution is 4.95. The van der Waals surface area contributed by atoms with E-state index in [2.05, 4.69) is 17.7 Å². The van der Waals surface area contributed by atoms with Crippen LogP contribution < -0.4 is 21.5 Å². The topological polar surface area (TPSA) is 24.1 Å². The number of aryl methyl sites for hydroxylation is 1. The molecule has 1 rings (SSSR count). The van der Waals surface area contributed by atoms with Crippen molar-refractivity contribution in [2.45, 2.75) is 58.6 Å². The Kier molecular flexibility index (Phi) is 10.5. The molecule has 0 bridgehead atoms. The molecule has 17 heavy (non-hydrogen) atoms. The highest BCUT2D eigenvalue weighted by Crippen LogP contribution is 2.05. The number of hydrogen-bond donors (Lipinski definition) is 1. The summed E-state index contributed by atoms with van der Waals surface area (Å²) in [5, 5.41) is 9.17. The van der Waals surface area contributed by atoms with Gasteiger partial charge in [0.05, 0.1) is 0 Å². The van der Waals surface area contributed by atoms with Gasteiger partial charge in [0.2, 0.25) is 5.69 Å². The van der Waals surface area contributed by atoms with Crippen LogP contribution in [0.1, 0.15) is 51.1 Å². The van der Waals surface area contributed by atoms with Gasteiger partial charge in [-0.15, -0.1) is 0 Å². The molecule has 3 heteroatoms. The zero-order valence-corrected chi connectivity index (χ0v) is 12.3. The minimum atomic E-state index is 0. The van der Waals surface area contributed by atoms with E-state index in [1.54, 1.807) is 0 Å². The smallest absolute Gasteiger partial charge is 0.206 e. The predicted octanol–water partition coefficient (Wildman–Crippen LogP) is -0.169. The molecule has 0 fully saturated rings. The largest absolute Gasteiger partial charge is 1.00 e.